The summed E-state index contributed by atoms with van der Waals surface area (Å²) in [6.45, 7) is 9.82. The first kappa shape index (κ1) is 21.9. The van der Waals surface area contributed by atoms with Crippen molar-refractivity contribution >= 4 is 11.8 Å². The molecule has 0 spiro atoms. The molecule has 0 bridgehead atoms. The standard InChI is InChI=1S/C25H36OS/c1-5-6-7-8-9-10-19-26-25-17-15-24(16-18-25)22(4)27-21(3)23-13-11-20(2)12-14-23/h11-18,21-22H,5-10,19H2,1-4H3. The lowest BCUT2D eigenvalue weighted by atomic mass is 10.1. The highest BCUT2D eigenvalue weighted by Crippen LogP contribution is 2.40. The van der Waals surface area contributed by atoms with Crippen molar-refractivity contribution in [2.45, 2.75) is 76.7 Å². The third kappa shape index (κ3) is 8.01. The fourth-order valence-electron chi connectivity index (χ4n) is 3.21. The highest BCUT2D eigenvalue weighted by molar-refractivity contribution is 7.99. The second-order valence-electron chi connectivity index (χ2n) is 7.52. The maximum absolute atomic E-state index is 5.90. The summed E-state index contributed by atoms with van der Waals surface area (Å²) >= 11 is 2.01. The van der Waals surface area contributed by atoms with Crippen LogP contribution >= 0.6 is 11.8 Å². The minimum Gasteiger partial charge on any atom is -0.494 e. The summed E-state index contributed by atoms with van der Waals surface area (Å²) < 4.78 is 5.90. The molecule has 0 aliphatic heterocycles. The molecule has 0 saturated carbocycles. The average molecular weight is 385 g/mol. The Morgan fingerprint density at radius 1 is 0.741 bits per heavy atom. The molecule has 0 heterocycles. The zero-order valence-electron chi connectivity index (χ0n) is 17.5. The molecule has 2 unspecified atom stereocenters. The van der Waals surface area contributed by atoms with E-state index in [-0.39, 0.29) is 0 Å². The molecule has 0 aromatic heterocycles. The van der Waals surface area contributed by atoms with Gasteiger partial charge in [-0.1, -0.05) is 81.0 Å². The first-order valence-corrected chi connectivity index (χ1v) is 11.5. The molecule has 2 atom stereocenters. The maximum atomic E-state index is 5.90. The molecule has 0 aliphatic carbocycles. The Morgan fingerprint density at radius 2 is 1.26 bits per heavy atom. The summed E-state index contributed by atoms with van der Waals surface area (Å²) in [6, 6.07) is 17.6. The Kier molecular flexibility index (Phi) is 9.83. The zero-order valence-corrected chi connectivity index (χ0v) is 18.4. The summed E-state index contributed by atoms with van der Waals surface area (Å²) in [6.07, 6.45) is 7.81. The van der Waals surface area contributed by atoms with Gasteiger partial charge in [0.2, 0.25) is 0 Å². The van der Waals surface area contributed by atoms with E-state index in [2.05, 4.69) is 76.2 Å². The molecule has 2 heteroatoms. The Balaban J connectivity index is 1.74. The minimum absolute atomic E-state index is 0.467. The second kappa shape index (κ2) is 12.1. The van der Waals surface area contributed by atoms with Crippen LogP contribution < -0.4 is 4.74 Å². The summed E-state index contributed by atoms with van der Waals surface area (Å²) in [5.74, 6) is 0.996. The second-order valence-corrected chi connectivity index (χ2v) is 9.20. The number of unbranched alkanes of at least 4 members (excludes halogenated alkanes) is 5. The highest BCUT2D eigenvalue weighted by Gasteiger charge is 2.13. The predicted molar refractivity (Wildman–Crippen MR) is 121 cm³/mol. The quantitative estimate of drug-likeness (QED) is 0.340. The van der Waals surface area contributed by atoms with Crippen LogP contribution in [0.15, 0.2) is 48.5 Å². The van der Waals surface area contributed by atoms with E-state index in [0.717, 1.165) is 18.8 Å². The Bertz CT molecular complexity index is 632. The molecule has 0 radical (unpaired) electrons. The van der Waals surface area contributed by atoms with Gasteiger partial charge >= 0.3 is 0 Å². The normalized spacial score (nSPS) is 13.3. The molecular weight excluding hydrogens is 348 g/mol. The van der Waals surface area contributed by atoms with Crippen molar-refractivity contribution in [1.29, 1.82) is 0 Å². The van der Waals surface area contributed by atoms with Gasteiger partial charge in [-0.15, -0.1) is 11.8 Å². The number of rotatable bonds is 12. The number of ether oxygens (including phenoxy) is 1. The zero-order chi connectivity index (χ0) is 19.5. The van der Waals surface area contributed by atoms with Gasteiger partial charge in [-0.2, -0.15) is 0 Å². The Hall–Kier alpha value is -1.41. The van der Waals surface area contributed by atoms with Gasteiger partial charge in [0.1, 0.15) is 5.75 Å². The van der Waals surface area contributed by atoms with Crippen LogP contribution in [0, 0.1) is 6.92 Å². The largest absolute Gasteiger partial charge is 0.494 e. The number of aryl methyl sites for hydroxylation is 1. The van der Waals surface area contributed by atoms with Gasteiger partial charge in [0.05, 0.1) is 6.61 Å². The summed E-state index contributed by atoms with van der Waals surface area (Å²) in [5.41, 5.74) is 4.09. The van der Waals surface area contributed by atoms with E-state index in [1.54, 1.807) is 0 Å². The van der Waals surface area contributed by atoms with Gasteiger partial charge in [0, 0.05) is 10.5 Å². The van der Waals surface area contributed by atoms with Crippen LogP contribution in [0.5, 0.6) is 5.75 Å². The molecule has 148 valence electrons. The molecule has 0 amide bonds. The Morgan fingerprint density at radius 3 is 1.85 bits per heavy atom. The molecule has 2 aromatic carbocycles. The van der Waals surface area contributed by atoms with Crippen molar-refractivity contribution in [3.8, 4) is 5.75 Å². The minimum atomic E-state index is 0.467. The van der Waals surface area contributed by atoms with Crippen LogP contribution in [-0.2, 0) is 0 Å². The third-order valence-corrected chi connectivity index (χ3v) is 6.43. The molecule has 0 saturated heterocycles. The third-order valence-electron chi connectivity index (χ3n) is 5.07. The van der Waals surface area contributed by atoms with E-state index in [9.17, 15) is 0 Å². The van der Waals surface area contributed by atoms with Crippen molar-refractivity contribution < 1.29 is 4.74 Å². The van der Waals surface area contributed by atoms with Gasteiger partial charge in [-0.3, -0.25) is 0 Å². The van der Waals surface area contributed by atoms with E-state index in [4.69, 9.17) is 4.74 Å². The van der Waals surface area contributed by atoms with Crippen molar-refractivity contribution in [2.24, 2.45) is 0 Å². The van der Waals surface area contributed by atoms with E-state index in [0.29, 0.717) is 10.5 Å². The van der Waals surface area contributed by atoms with Crippen molar-refractivity contribution in [3.05, 3.63) is 65.2 Å². The predicted octanol–water partition coefficient (Wildman–Crippen LogP) is 8.29. The molecule has 1 nitrogen and oxygen atoms in total. The number of hydrogen-bond donors (Lipinski definition) is 0. The number of benzene rings is 2. The fourth-order valence-corrected chi connectivity index (χ4v) is 4.45. The summed E-state index contributed by atoms with van der Waals surface area (Å²) in [5, 5.41) is 0.957. The van der Waals surface area contributed by atoms with Crippen LogP contribution in [0.1, 0.15) is 86.5 Å². The molecule has 2 rings (SSSR count). The molecule has 0 fully saturated rings. The van der Waals surface area contributed by atoms with Crippen LogP contribution in [0.25, 0.3) is 0 Å². The molecule has 2 aromatic rings. The lowest BCUT2D eigenvalue weighted by Crippen LogP contribution is -1.98. The molecule has 0 aliphatic rings. The van der Waals surface area contributed by atoms with Crippen LogP contribution in [0.2, 0.25) is 0 Å². The Labute approximate surface area is 170 Å². The van der Waals surface area contributed by atoms with Gasteiger partial charge in [-0.05, 0) is 50.5 Å². The summed E-state index contributed by atoms with van der Waals surface area (Å²) in [7, 11) is 0. The first-order chi connectivity index (χ1) is 13.1. The topological polar surface area (TPSA) is 9.23 Å². The molecule has 0 N–H and O–H groups in total. The summed E-state index contributed by atoms with van der Waals surface area (Å²) in [4.78, 5) is 0. The first-order valence-electron chi connectivity index (χ1n) is 10.5. The van der Waals surface area contributed by atoms with E-state index < -0.39 is 0 Å². The van der Waals surface area contributed by atoms with Gasteiger partial charge in [-0.25, -0.2) is 0 Å². The molecular formula is C25H36OS. The maximum Gasteiger partial charge on any atom is 0.119 e. The van der Waals surface area contributed by atoms with Gasteiger partial charge in [0.15, 0.2) is 0 Å². The lowest BCUT2D eigenvalue weighted by Gasteiger charge is -2.18. The van der Waals surface area contributed by atoms with E-state index >= 15 is 0 Å². The average Bonchev–Trinajstić information content (AvgIpc) is 2.68. The number of thioether (sulfide) groups is 1. The van der Waals surface area contributed by atoms with Crippen molar-refractivity contribution in [3.63, 3.8) is 0 Å². The van der Waals surface area contributed by atoms with Crippen LogP contribution in [0.4, 0.5) is 0 Å². The molecule has 27 heavy (non-hydrogen) atoms. The van der Waals surface area contributed by atoms with Crippen LogP contribution in [-0.4, -0.2) is 6.61 Å². The SMILES string of the molecule is CCCCCCCCOc1ccc(C(C)SC(C)c2ccc(C)cc2)cc1. The van der Waals surface area contributed by atoms with Crippen molar-refractivity contribution in [2.75, 3.05) is 6.61 Å². The number of hydrogen-bond acceptors (Lipinski definition) is 2. The van der Waals surface area contributed by atoms with E-state index in [1.165, 1.54) is 48.8 Å². The van der Waals surface area contributed by atoms with E-state index in [1.807, 2.05) is 11.8 Å². The van der Waals surface area contributed by atoms with Crippen molar-refractivity contribution in [1.82, 2.24) is 0 Å². The smallest absolute Gasteiger partial charge is 0.119 e. The highest BCUT2D eigenvalue weighted by atomic mass is 32.2. The van der Waals surface area contributed by atoms with Crippen LogP contribution in [0.3, 0.4) is 0 Å². The van der Waals surface area contributed by atoms with Gasteiger partial charge in [0.25, 0.3) is 0 Å². The monoisotopic (exact) mass is 384 g/mol. The van der Waals surface area contributed by atoms with Gasteiger partial charge < -0.3 is 4.74 Å². The lowest BCUT2D eigenvalue weighted by molar-refractivity contribution is 0.304. The fraction of sp³-hybridized carbons (Fsp3) is 0.520.